The highest BCUT2D eigenvalue weighted by atomic mass is 32.1. The number of rotatable bonds is 5. The minimum atomic E-state index is -4.51. The van der Waals surface area contributed by atoms with Crippen molar-refractivity contribution in [2.24, 2.45) is 5.92 Å². The molecule has 9 heteroatoms. The molecule has 2 aromatic rings. The molecule has 2 amide bonds. The number of hydrogen-bond acceptors (Lipinski definition) is 4. The number of carbonyl (C=O) groups is 2. The molecule has 1 aliphatic rings. The van der Waals surface area contributed by atoms with Gasteiger partial charge in [-0.05, 0) is 43.0 Å². The van der Waals surface area contributed by atoms with E-state index in [1.807, 2.05) is 0 Å². The van der Waals surface area contributed by atoms with Crippen LogP contribution < -0.4 is 10.2 Å². The highest BCUT2D eigenvalue weighted by molar-refractivity contribution is 7.14. The number of amides is 2. The van der Waals surface area contributed by atoms with Crippen molar-refractivity contribution in [2.75, 3.05) is 4.90 Å². The third-order valence-electron chi connectivity index (χ3n) is 5.04. The van der Waals surface area contributed by atoms with Gasteiger partial charge in [-0.25, -0.2) is 4.98 Å². The van der Waals surface area contributed by atoms with Gasteiger partial charge in [0.25, 0.3) is 0 Å². The molecule has 0 spiro atoms. The maximum Gasteiger partial charge on any atom is 0.416 e. The highest BCUT2D eigenvalue weighted by Gasteiger charge is 2.31. The summed E-state index contributed by atoms with van der Waals surface area (Å²) in [6.07, 6.45) is 1.56. The molecular weight excluding hydrogens is 415 g/mol. The fourth-order valence-electron chi connectivity index (χ4n) is 3.46. The number of hydrogen-bond donors (Lipinski definition) is 1. The molecule has 30 heavy (non-hydrogen) atoms. The molecule has 2 atom stereocenters. The van der Waals surface area contributed by atoms with Crippen LogP contribution >= 0.6 is 11.3 Å². The molecule has 1 heterocycles. The van der Waals surface area contributed by atoms with Gasteiger partial charge >= 0.3 is 6.18 Å². The molecule has 1 saturated carbocycles. The minimum Gasteiger partial charge on any atom is -0.350 e. The molecule has 5 nitrogen and oxygen atoms in total. The fraction of sp³-hybridized carbons (Fsp3) is 0.381. The van der Waals surface area contributed by atoms with Gasteiger partial charge in [-0.1, -0.05) is 19.4 Å². The van der Waals surface area contributed by atoms with Crippen molar-refractivity contribution in [1.29, 1.82) is 0 Å². The summed E-state index contributed by atoms with van der Waals surface area (Å²) in [6.45, 7) is 3.37. The van der Waals surface area contributed by atoms with Crippen LogP contribution in [0, 0.1) is 5.92 Å². The summed E-state index contributed by atoms with van der Waals surface area (Å²) in [5.41, 5.74) is -0.321. The number of nitrogens with one attached hydrogen (secondary N) is 1. The van der Waals surface area contributed by atoms with E-state index in [2.05, 4.69) is 17.2 Å². The molecule has 0 aliphatic heterocycles. The molecule has 0 bridgehead atoms. The largest absolute Gasteiger partial charge is 0.416 e. The van der Waals surface area contributed by atoms with Crippen molar-refractivity contribution >= 4 is 40.0 Å². The summed E-state index contributed by atoms with van der Waals surface area (Å²) < 4.78 is 39.1. The van der Waals surface area contributed by atoms with E-state index in [1.54, 1.807) is 5.38 Å². The number of halogens is 3. The van der Waals surface area contributed by atoms with Crippen molar-refractivity contribution in [3.63, 3.8) is 0 Å². The van der Waals surface area contributed by atoms with Crippen LogP contribution in [0.2, 0.25) is 0 Å². The average Bonchev–Trinajstić information content (AvgIpc) is 3.29. The Bertz CT molecular complexity index is 955. The van der Waals surface area contributed by atoms with Crippen LogP contribution in [-0.4, -0.2) is 22.8 Å². The Balaban J connectivity index is 1.75. The number of anilines is 2. The minimum absolute atomic E-state index is 0.0789. The van der Waals surface area contributed by atoms with E-state index < -0.39 is 17.6 Å². The van der Waals surface area contributed by atoms with Gasteiger partial charge in [-0.15, -0.1) is 11.3 Å². The average molecular weight is 437 g/mol. The van der Waals surface area contributed by atoms with Crippen molar-refractivity contribution in [3.05, 3.63) is 47.0 Å². The Morgan fingerprint density at radius 1 is 1.30 bits per heavy atom. The summed E-state index contributed by atoms with van der Waals surface area (Å²) in [5, 5.41) is 4.84. The molecule has 1 aromatic carbocycles. The van der Waals surface area contributed by atoms with Crippen LogP contribution in [-0.2, 0) is 15.8 Å². The Hall–Kier alpha value is -2.68. The summed E-state index contributed by atoms with van der Waals surface area (Å²) in [5.74, 6) is -0.235. The predicted octanol–water partition coefficient (Wildman–Crippen LogP) is 5.16. The van der Waals surface area contributed by atoms with Gasteiger partial charge in [-0.2, -0.15) is 13.2 Å². The number of nitrogens with zero attached hydrogens (tertiary/aromatic N) is 2. The van der Waals surface area contributed by atoms with E-state index in [1.165, 1.54) is 31.2 Å². The second kappa shape index (κ2) is 8.99. The van der Waals surface area contributed by atoms with Crippen LogP contribution in [0.4, 0.5) is 24.0 Å². The lowest BCUT2D eigenvalue weighted by Crippen LogP contribution is -2.35. The smallest absolute Gasteiger partial charge is 0.350 e. The van der Waals surface area contributed by atoms with Gasteiger partial charge in [0.2, 0.25) is 11.8 Å². The van der Waals surface area contributed by atoms with Gasteiger partial charge in [0.15, 0.2) is 5.13 Å². The standard InChI is InChI=1S/C21H22F3N3O2S/c1-13-5-3-8-18(13)26-19(29)10-9-16-12-30-20(25-16)27(14(2)28)17-7-4-6-15(11-17)21(22,23)24/h4,6-7,9-13,18H,3,5,8H2,1-2H3,(H,26,29)/b10-9+. The van der Waals surface area contributed by atoms with Gasteiger partial charge < -0.3 is 5.32 Å². The first kappa shape index (κ1) is 22.0. The van der Waals surface area contributed by atoms with E-state index in [9.17, 15) is 22.8 Å². The second-order valence-electron chi connectivity index (χ2n) is 7.31. The Labute approximate surface area is 176 Å². The Morgan fingerprint density at radius 3 is 2.70 bits per heavy atom. The first-order valence-electron chi connectivity index (χ1n) is 9.57. The molecule has 1 N–H and O–H groups in total. The summed E-state index contributed by atoms with van der Waals surface area (Å²) in [7, 11) is 0. The van der Waals surface area contributed by atoms with E-state index in [-0.39, 0.29) is 22.8 Å². The lowest BCUT2D eigenvalue weighted by atomic mass is 10.1. The fourth-order valence-corrected chi connectivity index (χ4v) is 4.31. The summed E-state index contributed by atoms with van der Waals surface area (Å²) >= 11 is 1.11. The van der Waals surface area contributed by atoms with E-state index in [0.717, 1.165) is 47.6 Å². The van der Waals surface area contributed by atoms with Crippen LogP contribution in [0.3, 0.4) is 0 Å². The maximum absolute atomic E-state index is 13.0. The normalized spacial score (nSPS) is 19.2. The van der Waals surface area contributed by atoms with Crippen LogP contribution in [0.5, 0.6) is 0 Å². The monoisotopic (exact) mass is 437 g/mol. The molecule has 0 radical (unpaired) electrons. The topological polar surface area (TPSA) is 62.3 Å². The van der Waals surface area contributed by atoms with E-state index >= 15 is 0 Å². The van der Waals surface area contributed by atoms with Crippen LogP contribution in [0.1, 0.15) is 44.4 Å². The molecule has 3 rings (SSSR count). The maximum atomic E-state index is 13.0. The molecular formula is C21H22F3N3O2S. The summed E-state index contributed by atoms with van der Waals surface area (Å²) in [6, 6.07) is 4.69. The second-order valence-corrected chi connectivity index (χ2v) is 8.15. The Kier molecular flexibility index (Phi) is 6.60. The molecule has 2 unspecified atom stereocenters. The van der Waals surface area contributed by atoms with Gasteiger partial charge in [0, 0.05) is 24.4 Å². The van der Waals surface area contributed by atoms with Crippen LogP contribution in [0.15, 0.2) is 35.7 Å². The van der Waals surface area contributed by atoms with Crippen molar-refractivity contribution in [3.8, 4) is 0 Å². The van der Waals surface area contributed by atoms with E-state index in [0.29, 0.717) is 11.6 Å². The number of alkyl halides is 3. The molecule has 1 fully saturated rings. The molecule has 1 aliphatic carbocycles. The van der Waals surface area contributed by atoms with Crippen molar-refractivity contribution in [1.82, 2.24) is 10.3 Å². The molecule has 0 saturated heterocycles. The predicted molar refractivity (Wildman–Crippen MR) is 110 cm³/mol. The lowest BCUT2D eigenvalue weighted by molar-refractivity contribution is -0.137. The van der Waals surface area contributed by atoms with Crippen molar-refractivity contribution in [2.45, 2.75) is 45.3 Å². The van der Waals surface area contributed by atoms with Crippen molar-refractivity contribution < 1.29 is 22.8 Å². The first-order valence-corrected chi connectivity index (χ1v) is 10.4. The first-order chi connectivity index (χ1) is 14.1. The zero-order valence-corrected chi connectivity index (χ0v) is 17.4. The quantitative estimate of drug-likeness (QED) is 0.657. The molecule has 160 valence electrons. The van der Waals surface area contributed by atoms with Gasteiger partial charge in [-0.3, -0.25) is 14.5 Å². The van der Waals surface area contributed by atoms with Crippen LogP contribution in [0.25, 0.3) is 6.08 Å². The number of benzene rings is 1. The zero-order valence-electron chi connectivity index (χ0n) is 16.6. The Morgan fingerprint density at radius 2 is 2.07 bits per heavy atom. The van der Waals surface area contributed by atoms with Gasteiger partial charge in [0.05, 0.1) is 16.9 Å². The lowest BCUT2D eigenvalue weighted by Gasteiger charge is -2.19. The summed E-state index contributed by atoms with van der Waals surface area (Å²) in [4.78, 5) is 29.7. The SMILES string of the molecule is CC(=O)N(c1cccc(C(F)(F)F)c1)c1nc(/C=C/C(=O)NC2CCCC2C)cs1. The highest BCUT2D eigenvalue weighted by Crippen LogP contribution is 2.35. The number of carbonyl (C=O) groups excluding carboxylic acids is 2. The third kappa shape index (κ3) is 5.27. The zero-order chi connectivity index (χ0) is 21.9. The third-order valence-corrected chi connectivity index (χ3v) is 5.89. The molecule has 1 aromatic heterocycles. The van der Waals surface area contributed by atoms with Gasteiger partial charge in [0.1, 0.15) is 0 Å². The number of thiazole rings is 1. The number of aromatic nitrogens is 1. The van der Waals surface area contributed by atoms with E-state index in [4.69, 9.17) is 0 Å².